The first kappa shape index (κ1) is 10.6. The Hall–Kier alpha value is -0.490. The molecule has 0 atom stereocenters. The number of rotatable bonds is 3. The predicted octanol–water partition coefficient (Wildman–Crippen LogP) is 2.85. The Morgan fingerprint density at radius 2 is 1.69 bits per heavy atom. The van der Waals surface area contributed by atoms with Gasteiger partial charge in [-0.3, -0.25) is 0 Å². The summed E-state index contributed by atoms with van der Waals surface area (Å²) in [5.74, 6) is 0. The molecule has 0 amide bonds. The summed E-state index contributed by atoms with van der Waals surface area (Å²) in [5.41, 5.74) is 0. The Bertz CT molecular complexity index is 257. The Labute approximate surface area is 78.3 Å². The minimum Gasteiger partial charge on any atom is -0.206 e. The van der Waals surface area contributed by atoms with Crippen LogP contribution in [-0.4, -0.2) is 25.9 Å². The van der Waals surface area contributed by atoms with Crippen molar-refractivity contribution in [2.24, 2.45) is 0 Å². The molecule has 1 aromatic carbocycles. The lowest BCUT2D eigenvalue weighted by Crippen LogP contribution is -2.15. The van der Waals surface area contributed by atoms with Crippen LogP contribution in [0.4, 0.5) is 8.78 Å². The largest absolute Gasteiger partial charge is 0.271 e. The van der Waals surface area contributed by atoms with Gasteiger partial charge in [-0.15, -0.1) is 0 Å². The first-order valence-corrected chi connectivity index (χ1v) is 7.06. The summed E-state index contributed by atoms with van der Waals surface area (Å²) in [5, 5.41) is 1.08. The van der Waals surface area contributed by atoms with Gasteiger partial charge in [0, 0.05) is 7.26 Å². The van der Waals surface area contributed by atoms with Gasteiger partial charge in [-0.05, 0) is 12.1 Å². The van der Waals surface area contributed by atoms with Crippen molar-refractivity contribution in [3.63, 3.8) is 0 Å². The Morgan fingerprint density at radius 1 is 1.15 bits per heavy atom. The Morgan fingerprint density at radius 3 is 2.15 bits per heavy atom. The zero-order valence-electron chi connectivity index (χ0n) is 7.87. The maximum absolute atomic E-state index is 12.2. The molecular formula is C10H14F2P+. The van der Waals surface area contributed by atoms with Crippen LogP contribution in [0, 0.1) is 0 Å². The molecular weight excluding hydrogens is 189 g/mol. The van der Waals surface area contributed by atoms with Crippen molar-refractivity contribution in [2.45, 2.75) is 6.43 Å². The third-order valence-corrected chi connectivity index (χ3v) is 4.93. The monoisotopic (exact) mass is 203 g/mol. The average molecular weight is 203 g/mol. The third kappa shape index (κ3) is 3.04. The number of hydrogen-bond donors (Lipinski definition) is 0. The molecule has 72 valence electrons. The second-order valence-corrected chi connectivity index (χ2v) is 7.85. The van der Waals surface area contributed by atoms with E-state index in [2.05, 4.69) is 0 Å². The lowest BCUT2D eigenvalue weighted by atomic mass is 10.4. The standard InChI is InChI=1S/C10H14F2P/c1-13(2,8-10(11)12)9-6-4-3-5-7-9/h3-7,10H,8H2,1-2H3/q+1. The van der Waals surface area contributed by atoms with Crippen LogP contribution in [0.2, 0.25) is 0 Å². The first-order valence-electron chi connectivity index (χ1n) is 4.19. The van der Waals surface area contributed by atoms with Gasteiger partial charge in [0.15, 0.2) is 0 Å². The van der Waals surface area contributed by atoms with E-state index in [1.54, 1.807) is 0 Å². The Kier molecular flexibility index (Phi) is 3.38. The highest BCUT2D eigenvalue weighted by atomic mass is 31.2. The SMILES string of the molecule is C[P+](C)(CC(F)F)c1ccccc1. The van der Waals surface area contributed by atoms with Crippen LogP contribution >= 0.6 is 7.26 Å². The van der Waals surface area contributed by atoms with Gasteiger partial charge < -0.3 is 0 Å². The smallest absolute Gasteiger partial charge is 0.206 e. The normalized spacial score (nSPS) is 12.1. The molecule has 0 nitrogen and oxygen atoms in total. The maximum Gasteiger partial charge on any atom is 0.271 e. The van der Waals surface area contributed by atoms with Crippen molar-refractivity contribution < 1.29 is 8.78 Å². The van der Waals surface area contributed by atoms with E-state index in [1.807, 2.05) is 43.7 Å². The Balaban J connectivity index is 2.81. The van der Waals surface area contributed by atoms with Crippen molar-refractivity contribution in [3.05, 3.63) is 30.3 Å². The van der Waals surface area contributed by atoms with Gasteiger partial charge in [0.2, 0.25) is 0 Å². The molecule has 0 aromatic heterocycles. The predicted molar refractivity (Wildman–Crippen MR) is 55.7 cm³/mol. The van der Waals surface area contributed by atoms with Crippen LogP contribution in [0.3, 0.4) is 0 Å². The molecule has 13 heavy (non-hydrogen) atoms. The molecule has 0 saturated carbocycles. The molecule has 0 bridgehead atoms. The highest BCUT2D eigenvalue weighted by Crippen LogP contribution is 2.50. The summed E-state index contributed by atoms with van der Waals surface area (Å²) in [6.07, 6.45) is -2.17. The molecule has 0 fully saturated rings. The summed E-state index contributed by atoms with van der Waals surface area (Å²) in [6, 6.07) is 9.60. The van der Waals surface area contributed by atoms with E-state index in [0.29, 0.717) is 0 Å². The van der Waals surface area contributed by atoms with E-state index in [0.717, 1.165) is 5.30 Å². The summed E-state index contributed by atoms with van der Waals surface area (Å²) in [7, 11) is -1.60. The second-order valence-electron chi connectivity index (χ2n) is 3.59. The fourth-order valence-corrected chi connectivity index (χ4v) is 3.16. The summed E-state index contributed by atoms with van der Waals surface area (Å²) >= 11 is 0. The van der Waals surface area contributed by atoms with Gasteiger partial charge in [-0.25, -0.2) is 8.78 Å². The second kappa shape index (κ2) is 4.15. The molecule has 0 aliphatic heterocycles. The van der Waals surface area contributed by atoms with Crippen molar-refractivity contribution in [2.75, 3.05) is 19.5 Å². The third-order valence-electron chi connectivity index (χ3n) is 2.05. The van der Waals surface area contributed by atoms with Crippen LogP contribution in [0.5, 0.6) is 0 Å². The lowest BCUT2D eigenvalue weighted by Gasteiger charge is -2.16. The quantitative estimate of drug-likeness (QED) is 0.662. The van der Waals surface area contributed by atoms with Crippen LogP contribution in [0.1, 0.15) is 0 Å². The van der Waals surface area contributed by atoms with Gasteiger partial charge in [-0.2, -0.15) is 0 Å². The first-order chi connectivity index (χ1) is 6.02. The lowest BCUT2D eigenvalue weighted by molar-refractivity contribution is 0.175. The molecule has 0 aliphatic carbocycles. The summed E-state index contributed by atoms with van der Waals surface area (Å²) in [4.78, 5) is 0. The van der Waals surface area contributed by atoms with Crippen LogP contribution in [0.25, 0.3) is 0 Å². The number of halogens is 2. The average Bonchev–Trinajstić information content (AvgIpc) is 2.04. The molecule has 0 unspecified atom stereocenters. The van der Waals surface area contributed by atoms with E-state index < -0.39 is 13.7 Å². The maximum atomic E-state index is 12.2. The minimum absolute atomic E-state index is 0.0248. The van der Waals surface area contributed by atoms with Gasteiger partial charge in [0.1, 0.15) is 6.16 Å². The summed E-state index contributed by atoms with van der Waals surface area (Å²) in [6.45, 7) is 3.91. The van der Waals surface area contributed by atoms with Crippen LogP contribution in [-0.2, 0) is 0 Å². The van der Waals surface area contributed by atoms with Crippen LogP contribution in [0.15, 0.2) is 30.3 Å². The van der Waals surface area contributed by atoms with E-state index in [1.165, 1.54) is 0 Å². The van der Waals surface area contributed by atoms with Gasteiger partial charge >= 0.3 is 0 Å². The molecule has 3 heteroatoms. The minimum atomic E-state index is -2.19. The number of hydrogen-bond acceptors (Lipinski definition) is 0. The molecule has 0 saturated heterocycles. The van der Waals surface area contributed by atoms with E-state index in [9.17, 15) is 8.78 Å². The molecule has 1 aromatic rings. The fraction of sp³-hybridized carbons (Fsp3) is 0.400. The molecule has 1 rings (SSSR count). The van der Waals surface area contributed by atoms with Gasteiger partial charge in [0.05, 0.1) is 18.6 Å². The van der Waals surface area contributed by atoms with Gasteiger partial charge in [0.25, 0.3) is 6.43 Å². The van der Waals surface area contributed by atoms with Crippen LogP contribution < -0.4 is 5.30 Å². The molecule has 0 spiro atoms. The fourth-order valence-electron chi connectivity index (χ4n) is 1.28. The van der Waals surface area contributed by atoms with E-state index in [-0.39, 0.29) is 6.16 Å². The van der Waals surface area contributed by atoms with E-state index in [4.69, 9.17) is 0 Å². The topological polar surface area (TPSA) is 0 Å². The molecule has 0 heterocycles. The van der Waals surface area contributed by atoms with Crippen molar-refractivity contribution >= 4 is 12.6 Å². The van der Waals surface area contributed by atoms with E-state index >= 15 is 0 Å². The van der Waals surface area contributed by atoms with Crippen molar-refractivity contribution in [1.29, 1.82) is 0 Å². The molecule has 0 N–H and O–H groups in total. The summed E-state index contributed by atoms with van der Waals surface area (Å²) < 4.78 is 24.5. The zero-order valence-corrected chi connectivity index (χ0v) is 8.77. The highest BCUT2D eigenvalue weighted by molar-refractivity contribution is 7.81. The highest BCUT2D eigenvalue weighted by Gasteiger charge is 2.31. The number of alkyl halides is 2. The van der Waals surface area contributed by atoms with Crippen molar-refractivity contribution in [1.82, 2.24) is 0 Å². The molecule has 0 aliphatic rings. The number of benzene rings is 1. The zero-order chi connectivity index (χ0) is 9.90. The van der Waals surface area contributed by atoms with Gasteiger partial charge in [-0.1, -0.05) is 18.2 Å². The van der Waals surface area contributed by atoms with Crippen molar-refractivity contribution in [3.8, 4) is 0 Å². The molecule has 0 radical (unpaired) electrons.